The fourth-order valence-corrected chi connectivity index (χ4v) is 4.76. The first-order valence-corrected chi connectivity index (χ1v) is 9.44. The zero-order chi connectivity index (χ0) is 17.7. The SMILES string of the molecule is C[C@H]1CC[C@]2(O)[C@H]1C[C@H]([C@@](C)(O)COS(=O)(=O)O)CC[C@@]2(C)O. The molecule has 0 radical (unpaired) electrons. The second-order valence-corrected chi connectivity index (χ2v) is 8.93. The minimum Gasteiger partial charge on any atom is -0.387 e. The highest BCUT2D eigenvalue weighted by molar-refractivity contribution is 7.80. The van der Waals surface area contributed by atoms with Gasteiger partial charge in [0, 0.05) is 0 Å². The van der Waals surface area contributed by atoms with Crippen LogP contribution in [0, 0.1) is 17.8 Å². The van der Waals surface area contributed by atoms with Crippen molar-refractivity contribution in [2.45, 2.75) is 69.7 Å². The van der Waals surface area contributed by atoms with Crippen LogP contribution >= 0.6 is 0 Å². The predicted molar refractivity (Wildman–Crippen MR) is 82.9 cm³/mol. The number of rotatable bonds is 4. The van der Waals surface area contributed by atoms with Gasteiger partial charge in [0.1, 0.15) is 0 Å². The van der Waals surface area contributed by atoms with Crippen LogP contribution in [-0.2, 0) is 14.6 Å². The van der Waals surface area contributed by atoms with Crippen LogP contribution in [0.3, 0.4) is 0 Å². The molecule has 0 spiro atoms. The standard InChI is InChI=1S/C15H28O7S/c1-10-4-7-15(18)12(10)8-11(5-6-14(15,3)17)13(2,16)9-22-23(19,20)21/h10-12,16-18H,4-9H2,1-3H3,(H,19,20,21)/t10-,11+,12-,13-,14+,15-/m0/s1. The van der Waals surface area contributed by atoms with Gasteiger partial charge in [-0.25, -0.2) is 4.18 Å². The maximum absolute atomic E-state index is 11.0. The van der Waals surface area contributed by atoms with Gasteiger partial charge in [0.2, 0.25) is 0 Å². The van der Waals surface area contributed by atoms with Crippen molar-refractivity contribution < 1.29 is 32.5 Å². The van der Waals surface area contributed by atoms with E-state index in [1.165, 1.54) is 6.92 Å². The van der Waals surface area contributed by atoms with E-state index in [2.05, 4.69) is 4.18 Å². The molecular formula is C15H28O7S. The molecule has 8 heteroatoms. The lowest BCUT2D eigenvalue weighted by Gasteiger charge is -2.42. The normalized spacial score (nSPS) is 44.4. The molecule has 2 rings (SSSR count). The van der Waals surface area contributed by atoms with Crippen molar-refractivity contribution in [1.29, 1.82) is 0 Å². The van der Waals surface area contributed by atoms with Gasteiger partial charge < -0.3 is 15.3 Å². The maximum Gasteiger partial charge on any atom is 0.397 e. The smallest absolute Gasteiger partial charge is 0.387 e. The minimum absolute atomic E-state index is 0.179. The molecule has 0 saturated heterocycles. The Morgan fingerprint density at radius 2 is 1.87 bits per heavy atom. The molecule has 2 fully saturated rings. The average Bonchev–Trinajstić information content (AvgIpc) is 2.63. The number of hydrogen-bond acceptors (Lipinski definition) is 6. The van der Waals surface area contributed by atoms with E-state index in [1.807, 2.05) is 6.92 Å². The van der Waals surface area contributed by atoms with E-state index in [1.54, 1.807) is 6.92 Å². The Bertz CT molecular complexity index is 542. The number of aliphatic hydroxyl groups is 3. The molecule has 2 aliphatic carbocycles. The van der Waals surface area contributed by atoms with Crippen LogP contribution in [0.2, 0.25) is 0 Å². The van der Waals surface area contributed by atoms with Gasteiger partial charge >= 0.3 is 10.4 Å². The van der Waals surface area contributed by atoms with Crippen molar-refractivity contribution in [2.75, 3.05) is 6.61 Å². The second kappa shape index (κ2) is 5.93. The monoisotopic (exact) mass is 352 g/mol. The fraction of sp³-hybridized carbons (Fsp3) is 1.00. The highest BCUT2D eigenvalue weighted by Crippen LogP contribution is 2.54. The van der Waals surface area contributed by atoms with Gasteiger partial charge in [0.25, 0.3) is 0 Å². The molecule has 23 heavy (non-hydrogen) atoms. The van der Waals surface area contributed by atoms with E-state index in [0.29, 0.717) is 25.7 Å². The van der Waals surface area contributed by atoms with E-state index in [0.717, 1.165) is 6.42 Å². The molecule has 2 saturated carbocycles. The largest absolute Gasteiger partial charge is 0.397 e. The zero-order valence-corrected chi connectivity index (χ0v) is 14.7. The summed E-state index contributed by atoms with van der Waals surface area (Å²) in [6, 6.07) is 0. The molecule has 0 aliphatic heterocycles. The van der Waals surface area contributed by atoms with Crippen LogP contribution in [0.25, 0.3) is 0 Å². The van der Waals surface area contributed by atoms with Crippen molar-refractivity contribution >= 4 is 10.4 Å². The Labute approximate surface area is 137 Å². The van der Waals surface area contributed by atoms with E-state index in [9.17, 15) is 23.7 Å². The third kappa shape index (κ3) is 3.72. The second-order valence-electron chi connectivity index (χ2n) is 7.84. The molecule has 0 bridgehead atoms. The lowest BCUT2D eigenvalue weighted by Crippen LogP contribution is -2.54. The van der Waals surface area contributed by atoms with Crippen LogP contribution in [0.15, 0.2) is 0 Å². The summed E-state index contributed by atoms with van der Waals surface area (Å²) in [7, 11) is -4.63. The molecule has 2 aliphatic rings. The Morgan fingerprint density at radius 3 is 2.43 bits per heavy atom. The third-order valence-corrected chi connectivity index (χ3v) is 6.53. The van der Waals surface area contributed by atoms with Gasteiger partial charge in [0.05, 0.1) is 23.4 Å². The molecule has 0 aromatic heterocycles. The molecule has 0 amide bonds. The Morgan fingerprint density at radius 1 is 1.26 bits per heavy atom. The van der Waals surface area contributed by atoms with Gasteiger partial charge in [-0.15, -0.1) is 0 Å². The molecule has 7 nitrogen and oxygen atoms in total. The van der Waals surface area contributed by atoms with Crippen molar-refractivity contribution in [3.8, 4) is 0 Å². The van der Waals surface area contributed by atoms with Crippen LogP contribution in [0.1, 0.15) is 52.9 Å². The van der Waals surface area contributed by atoms with Crippen LogP contribution in [-0.4, -0.2) is 51.7 Å². The maximum atomic E-state index is 11.0. The van der Waals surface area contributed by atoms with E-state index >= 15 is 0 Å². The van der Waals surface area contributed by atoms with Crippen molar-refractivity contribution in [3.05, 3.63) is 0 Å². The molecule has 0 aromatic rings. The van der Waals surface area contributed by atoms with E-state index < -0.39 is 33.8 Å². The third-order valence-electron chi connectivity index (χ3n) is 6.11. The molecular weight excluding hydrogens is 324 g/mol. The van der Waals surface area contributed by atoms with Gasteiger partial charge in [-0.05, 0) is 63.7 Å². The van der Waals surface area contributed by atoms with Crippen molar-refractivity contribution in [1.82, 2.24) is 0 Å². The summed E-state index contributed by atoms with van der Waals surface area (Å²) in [5.74, 6) is -0.331. The first-order valence-electron chi connectivity index (χ1n) is 8.07. The van der Waals surface area contributed by atoms with E-state index in [4.69, 9.17) is 4.55 Å². The lowest BCUT2D eigenvalue weighted by atomic mass is 9.72. The van der Waals surface area contributed by atoms with Crippen LogP contribution in [0.4, 0.5) is 0 Å². The topological polar surface area (TPSA) is 124 Å². The molecule has 6 atom stereocenters. The fourth-order valence-electron chi connectivity index (χ4n) is 4.37. The Hall–Kier alpha value is -0.250. The Kier molecular flexibility index (Phi) is 4.92. The molecule has 0 aromatic carbocycles. The molecule has 136 valence electrons. The van der Waals surface area contributed by atoms with Gasteiger partial charge in [0.15, 0.2) is 0 Å². The minimum atomic E-state index is -4.63. The lowest BCUT2D eigenvalue weighted by molar-refractivity contribution is -0.163. The zero-order valence-electron chi connectivity index (χ0n) is 13.9. The highest BCUT2D eigenvalue weighted by Gasteiger charge is 2.59. The van der Waals surface area contributed by atoms with Gasteiger partial charge in [-0.3, -0.25) is 4.55 Å². The van der Waals surface area contributed by atoms with Crippen LogP contribution in [0.5, 0.6) is 0 Å². The number of fused-ring (bicyclic) bond motifs is 1. The van der Waals surface area contributed by atoms with Crippen LogP contribution < -0.4 is 0 Å². The summed E-state index contributed by atoms with van der Waals surface area (Å²) in [4.78, 5) is 0. The summed E-state index contributed by atoms with van der Waals surface area (Å²) in [6.07, 6.45) is 2.52. The quantitative estimate of drug-likeness (QED) is 0.554. The Balaban J connectivity index is 2.22. The predicted octanol–water partition coefficient (Wildman–Crippen LogP) is 0.885. The van der Waals surface area contributed by atoms with Crippen molar-refractivity contribution in [2.24, 2.45) is 17.8 Å². The first kappa shape index (κ1) is 19.1. The van der Waals surface area contributed by atoms with Gasteiger partial charge in [-0.2, -0.15) is 8.42 Å². The van der Waals surface area contributed by atoms with Gasteiger partial charge in [-0.1, -0.05) is 6.92 Å². The molecule has 0 heterocycles. The van der Waals surface area contributed by atoms with E-state index in [-0.39, 0.29) is 17.8 Å². The summed E-state index contributed by atoms with van der Waals surface area (Å²) >= 11 is 0. The molecule has 4 N–H and O–H groups in total. The summed E-state index contributed by atoms with van der Waals surface area (Å²) < 4.78 is 34.6. The first-order chi connectivity index (χ1) is 10.3. The highest BCUT2D eigenvalue weighted by atomic mass is 32.3. The number of hydrogen-bond donors (Lipinski definition) is 4. The summed E-state index contributed by atoms with van der Waals surface area (Å²) in [5.41, 5.74) is -3.93. The van der Waals surface area contributed by atoms with Crippen molar-refractivity contribution in [3.63, 3.8) is 0 Å². The summed E-state index contributed by atoms with van der Waals surface area (Å²) in [5, 5.41) is 32.4. The molecule has 0 unspecified atom stereocenters. The summed E-state index contributed by atoms with van der Waals surface area (Å²) in [6.45, 7) is 4.55. The average molecular weight is 352 g/mol.